The second kappa shape index (κ2) is 17.4. The van der Waals surface area contributed by atoms with Crippen molar-refractivity contribution in [3.63, 3.8) is 0 Å². The molecule has 2 aliphatic heterocycles. The quantitative estimate of drug-likeness (QED) is 0.131. The van der Waals surface area contributed by atoms with Gasteiger partial charge in [-0.25, -0.2) is 0 Å². The van der Waals surface area contributed by atoms with Gasteiger partial charge in [-0.05, 0) is 83.6 Å². The van der Waals surface area contributed by atoms with Gasteiger partial charge in [-0.15, -0.1) is 0 Å². The Kier molecular flexibility index (Phi) is 12.9. The Morgan fingerprint density at radius 2 is 1.04 bits per heavy atom. The lowest BCUT2D eigenvalue weighted by Crippen LogP contribution is -2.32. The largest absolute Gasteiger partial charge is 0.335 e. The van der Waals surface area contributed by atoms with Crippen molar-refractivity contribution in [2.75, 3.05) is 26.2 Å². The minimum absolute atomic E-state index is 0.102. The lowest BCUT2D eigenvalue weighted by molar-refractivity contribution is -0.126. The summed E-state index contributed by atoms with van der Waals surface area (Å²) in [6, 6.07) is 19.6. The van der Waals surface area contributed by atoms with Crippen molar-refractivity contribution < 1.29 is 9.59 Å². The molecule has 0 saturated carbocycles. The van der Waals surface area contributed by atoms with Crippen molar-refractivity contribution >= 4 is 114 Å². The summed E-state index contributed by atoms with van der Waals surface area (Å²) in [5.41, 5.74) is 4.58. The topological polar surface area (TPSA) is 40.6 Å². The molecule has 51 heavy (non-hydrogen) atoms. The molecule has 0 unspecified atom stereocenters. The fraction of sp³-hybridized carbons (Fsp3) is 0.150. The molecule has 0 aromatic heterocycles. The van der Waals surface area contributed by atoms with Gasteiger partial charge in [0.15, 0.2) is 0 Å². The van der Waals surface area contributed by atoms with Crippen molar-refractivity contribution in [1.82, 2.24) is 9.80 Å². The zero-order valence-corrected chi connectivity index (χ0v) is 34.0. The minimum Gasteiger partial charge on any atom is -0.335 e. The average molecular weight is 904 g/mol. The number of carbonyl (C=O) groups excluding carboxylic acids is 2. The van der Waals surface area contributed by atoms with Gasteiger partial charge in [0, 0.05) is 68.2 Å². The maximum absolute atomic E-state index is 13.1. The summed E-state index contributed by atoms with van der Waals surface area (Å²) in [7, 11) is 0. The molecule has 11 heteroatoms. The summed E-state index contributed by atoms with van der Waals surface area (Å²) >= 11 is 36.7. The molecule has 0 saturated heterocycles. The first kappa shape index (κ1) is 38.0. The van der Waals surface area contributed by atoms with Crippen molar-refractivity contribution in [2.24, 2.45) is 0 Å². The molecule has 260 valence electrons. The zero-order chi connectivity index (χ0) is 36.1. The van der Waals surface area contributed by atoms with E-state index in [1.54, 1.807) is 34.1 Å². The van der Waals surface area contributed by atoms with Gasteiger partial charge in [0.2, 0.25) is 11.8 Å². The molecule has 0 fully saturated rings. The maximum atomic E-state index is 13.1. The predicted molar refractivity (Wildman–Crippen MR) is 222 cm³/mol. The van der Waals surface area contributed by atoms with Crippen molar-refractivity contribution in [3.8, 4) is 22.3 Å². The van der Waals surface area contributed by atoms with Crippen molar-refractivity contribution in [1.29, 1.82) is 0 Å². The van der Waals surface area contributed by atoms with Crippen molar-refractivity contribution in [3.05, 3.63) is 137 Å². The number of halogens is 6. The van der Waals surface area contributed by atoms with Crippen LogP contribution < -0.4 is 0 Å². The van der Waals surface area contributed by atoms with Gasteiger partial charge in [0.05, 0.1) is 20.1 Å². The van der Waals surface area contributed by atoms with E-state index in [9.17, 15) is 9.59 Å². The van der Waals surface area contributed by atoms with Crippen molar-refractivity contribution in [2.45, 2.75) is 22.6 Å². The molecule has 4 aromatic rings. The van der Waals surface area contributed by atoms with Crippen LogP contribution in [0.25, 0.3) is 34.4 Å². The summed E-state index contributed by atoms with van der Waals surface area (Å²) in [6.07, 6.45) is 16.3. The van der Waals surface area contributed by atoms with Crippen LogP contribution in [-0.2, 0) is 9.59 Å². The predicted octanol–water partition coefficient (Wildman–Crippen LogP) is 12.9. The number of carbonyl (C=O) groups is 2. The summed E-state index contributed by atoms with van der Waals surface area (Å²) in [5.74, 6) is -0.203. The third kappa shape index (κ3) is 9.08. The van der Waals surface area contributed by atoms with Gasteiger partial charge in [0.1, 0.15) is 0 Å². The van der Waals surface area contributed by atoms with Crippen LogP contribution >= 0.6 is 90.0 Å². The fourth-order valence-corrected chi connectivity index (χ4v) is 8.78. The van der Waals surface area contributed by atoms with E-state index >= 15 is 0 Å². The van der Waals surface area contributed by atoms with E-state index in [1.165, 1.54) is 11.8 Å². The zero-order valence-electron chi connectivity index (χ0n) is 27.0. The minimum atomic E-state index is -0.102. The molecule has 0 aliphatic carbocycles. The highest BCUT2D eigenvalue weighted by molar-refractivity contribution is 9.10. The third-order valence-corrected chi connectivity index (χ3v) is 12.5. The molecule has 0 N–H and O–H groups in total. The molecule has 2 heterocycles. The molecule has 0 bridgehead atoms. The lowest BCUT2D eigenvalue weighted by atomic mass is 9.99. The molecule has 0 radical (unpaired) electrons. The Labute approximate surface area is 339 Å². The number of hydrogen-bond donors (Lipinski definition) is 0. The molecule has 0 spiro atoms. The van der Waals surface area contributed by atoms with E-state index in [0.29, 0.717) is 67.2 Å². The highest BCUT2D eigenvalue weighted by Crippen LogP contribution is 2.49. The van der Waals surface area contributed by atoms with E-state index < -0.39 is 0 Å². The van der Waals surface area contributed by atoms with Gasteiger partial charge < -0.3 is 9.80 Å². The number of rotatable bonds is 8. The molecule has 4 nitrogen and oxygen atoms in total. The smallest absolute Gasteiger partial charge is 0.246 e. The Hall–Kier alpha value is -2.75. The summed E-state index contributed by atoms with van der Waals surface area (Å²) in [6.45, 7) is 2.46. The first-order valence-corrected chi connectivity index (χ1v) is 20.0. The third-order valence-electron chi connectivity index (χ3n) is 8.44. The van der Waals surface area contributed by atoms with Gasteiger partial charge in [-0.3, -0.25) is 9.59 Å². The number of amides is 2. The first-order chi connectivity index (χ1) is 24.6. The Morgan fingerprint density at radius 1 is 0.608 bits per heavy atom. The van der Waals surface area contributed by atoms with Crippen LogP contribution in [0.5, 0.6) is 0 Å². The van der Waals surface area contributed by atoms with E-state index in [-0.39, 0.29) is 11.8 Å². The van der Waals surface area contributed by atoms with E-state index in [4.69, 9.17) is 46.4 Å². The Bertz CT molecular complexity index is 1980. The van der Waals surface area contributed by atoms with E-state index in [2.05, 4.69) is 44.0 Å². The highest BCUT2D eigenvalue weighted by Gasteiger charge is 2.22. The summed E-state index contributed by atoms with van der Waals surface area (Å²) in [5, 5.41) is 1.24. The van der Waals surface area contributed by atoms with Crippen LogP contribution in [0.3, 0.4) is 0 Å². The number of nitrogens with zero attached hydrogens (tertiary/aromatic N) is 2. The fourth-order valence-electron chi connectivity index (χ4n) is 5.82. The lowest BCUT2D eigenvalue weighted by Gasteiger charge is -2.22. The Balaban J connectivity index is 1.43. The second-order valence-corrected chi connectivity index (χ2v) is 16.2. The van der Waals surface area contributed by atoms with E-state index in [1.807, 2.05) is 72.8 Å². The SMILES string of the molecule is O=C(/C=C/c1c(-c2cccc(Br)c2)cc(Sc2cc(-c3cccc(Br)c3)c(/C=C/C(=O)N3CC=CCC3)c(Cl)c2Cl)c(Cl)c1Cl)N1CC=CCC1. The summed E-state index contributed by atoms with van der Waals surface area (Å²) in [4.78, 5) is 31.0. The molecule has 2 aliphatic rings. The van der Waals surface area contributed by atoms with Crippen LogP contribution in [0.1, 0.15) is 24.0 Å². The van der Waals surface area contributed by atoms with Gasteiger partial charge in [-0.2, -0.15) is 0 Å². The number of benzene rings is 4. The molecule has 2 amide bonds. The van der Waals surface area contributed by atoms with Crippen LogP contribution in [0.15, 0.2) is 116 Å². The molecular weight excluding hydrogens is 874 g/mol. The van der Waals surface area contributed by atoms with Crippen LogP contribution in [0, 0.1) is 0 Å². The van der Waals surface area contributed by atoms with Gasteiger partial charge >= 0.3 is 0 Å². The highest BCUT2D eigenvalue weighted by atomic mass is 79.9. The maximum Gasteiger partial charge on any atom is 0.246 e. The van der Waals surface area contributed by atoms with E-state index in [0.717, 1.165) is 44.0 Å². The first-order valence-electron chi connectivity index (χ1n) is 16.1. The molecule has 4 aromatic carbocycles. The monoisotopic (exact) mass is 900 g/mol. The summed E-state index contributed by atoms with van der Waals surface area (Å²) < 4.78 is 1.78. The van der Waals surface area contributed by atoms with Crippen LogP contribution in [-0.4, -0.2) is 47.8 Å². The standard InChI is InChI=1S/C40H30Br2Cl4N2O2S/c41-27-11-7-9-25(21-27)31-23-33(39(45)37(43)29(31)13-15-35(49)47-17-3-1-4-18-47)51-34-24-32(26-10-8-12-28(42)22-26)30(38(44)40(34)46)14-16-36(50)48-19-5-2-6-20-48/h1-3,5,7-16,21-24H,4,6,17-20H2/b15-13+,16-14+. The Morgan fingerprint density at radius 3 is 1.41 bits per heavy atom. The van der Waals surface area contributed by atoms with Crippen LogP contribution in [0.4, 0.5) is 0 Å². The van der Waals surface area contributed by atoms with Gasteiger partial charge in [0.25, 0.3) is 0 Å². The average Bonchev–Trinajstić information content (AvgIpc) is 3.14. The number of hydrogen-bond acceptors (Lipinski definition) is 3. The molecular formula is C40H30Br2Cl4N2O2S. The molecule has 0 atom stereocenters. The molecule has 6 rings (SSSR count). The van der Waals surface area contributed by atoms with Gasteiger partial charge in [-0.1, -0.05) is 139 Å². The normalized spacial score (nSPS) is 14.6. The van der Waals surface area contributed by atoms with Crippen LogP contribution in [0.2, 0.25) is 20.1 Å². The second-order valence-electron chi connectivity index (χ2n) is 11.8.